The van der Waals surface area contributed by atoms with Gasteiger partial charge in [-0.15, -0.1) is 0 Å². The molecule has 0 aromatic heterocycles. The minimum Gasteiger partial charge on any atom is -0.497 e. The maximum Gasteiger partial charge on any atom is 0.211 e. The predicted molar refractivity (Wildman–Crippen MR) is 97.1 cm³/mol. The largest absolute Gasteiger partial charge is 0.497 e. The first-order valence-corrected chi connectivity index (χ1v) is 10.6. The molecule has 140 valence electrons. The molecule has 1 N–H and O–H groups in total. The lowest BCUT2D eigenvalue weighted by atomic mass is 9.79. The third-order valence-electron chi connectivity index (χ3n) is 5.34. The Balaban J connectivity index is 1.48. The first-order valence-electron chi connectivity index (χ1n) is 8.93. The normalized spacial score (nSPS) is 22.9. The zero-order valence-electron chi connectivity index (χ0n) is 15.0. The monoisotopic (exact) mass is 368 g/mol. The molecule has 0 aliphatic carbocycles. The van der Waals surface area contributed by atoms with E-state index in [1.54, 1.807) is 14.0 Å². The van der Waals surface area contributed by atoms with Crippen LogP contribution in [0.2, 0.25) is 0 Å². The molecular weight excluding hydrogens is 340 g/mol. The molecule has 2 saturated heterocycles. The number of nitrogens with zero attached hydrogens (tertiary/aromatic N) is 1. The minimum atomic E-state index is -3.11. The Hall–Kier alpha value is -1.15. The van der Waals surface area contributed by atoms with E-state index in [-0.39, 0.29) is 11.4 Å². The van der Waals surface area contributed by atoms with Gasteiger partial charge in [0.25, 0.3) is 0 Å². The van der Waals surface area contributed by atoms with Gasteiger partial charge in [-0.05, 0) is 43.4 Å². The summed E-state index contributed by atoms with van der Waals surface area (Å²) in [7, 11) is -1.43. The van der Waals surface area contributed by atoms with Gasteiger partial charge in [0.15, 0.2) is 0 Å². The Kier molecular flexibility index (Phi) is 5.68. The quantitative estimate of drug-likeness (QED) is 0.755. The topological polar surface area (TPSA) is 67.9 Å². The van der Waals surface area contributed by atoms with Crippen molar-refractivity contribution in [1.29, 1.82) is 0 Å². The third-order valence-corrected chi connectivity index (χ3v) is 6.75. The molecule has 2 fully saturated rings. The fraction of sp³-hybridized carbons (Fsp3) is 0.667. The fourth-order valence-corrected chi connectivity index (χ4v) is 4.48. The molecule has 1 spiro atoms. The van der Waals surface area contributed by atoms with E-state index in [9.17, 15) is 8.42 Å². The summed E-state index contributed by atoms with van der Waals surface area (Å²) in [6.07, 6.45) is 1.86. The highest BCUT2D eigenvalue weighted by atomic mass is 32.2. The molecule has 7 heteroatoms. The molecule has 1 atom stereocenters. The number of rotatable bonds is 8. The average molecular weight is 368 g/mol. The van der Waals surface area contributed by atoms with Crippen molar-refractivity contribution in [3.63, 3.8) is 0 Å². The van der Waals surface area contributed by atoms with Crippen LogP contribution in [0, 0.1) is 5.92 Å². The van der Waals surface area contributed by atoms with Gasteiger partial charge in [0, 0.05) is 32.8 Å². The van der Waals surface area contributed by atoms with E-state index in [4.69, 9.17) is 9.47 Å². The molecule has 0 saturated carbocycles. The van der Waals surface area contributed by atoms with Crippen LogP contribution in [0.3, 0.4) is 0 Å². The van der Waals surface area contributed by atoms with E-state index < -0.39 is 10.0 Å². The summed E-state index contributed by atoms with van der Waals surface area (Å²) in [5.74, 6) is 1.44. The van der Waals surface area contributed by atoms with E-state index in [0.29, 0.717) is 12.5 Å². The molecule has 1 aromatic rings. The Labute approximate surface area is 150 Å². The van der Waals surface area contributed by atoms with Crippen LogP contribution in [-0.2, 0) is 21.3 Å². The lowest BCUT2D eigenvalue weighted by Gasteiger charge is -2.50. The lowest BCUT2D eigenvalue weighted by molar-refractivity contribution is -0.136. The van der Waals surface area contributed by atoms with E-state index in [1.807, 2.05) is 12.1 Å². The highest BCUT2D eigenvalue weighted by molar-refractivity contribution is 7.89. The lowest BCUT2D eigenvalue weighted by Crippen LogP contribution is -2.64. The van der Waals surface area contributed by atoms with Gasteiger partial charge in [0.05, 0.1) is 18.5 Å². The fourth-order valence-electron chi connectivity index (χ4n) is 3.84. The van der Waals surface area contributed by atoms with Crippen LogP contribution in [0.5, 0.6) is 5.75 Å². The van der Waals surface area contributed by atoms with Crippen LogP contribution in [0.1, 0.15) is 25.3 Å². The van der Waals surface area contributed by atoms with Gasteiger partial charge in [-0.3, -0.25) is 4.90 Å². The number of hydrogen-bond acceptors (Lipinski definition) is 5. The SMILES string of the molecule is CCS(=O)(=O)NCC[C@H]1CCOC12CN(Cc1ccc(OC)cc1)C2. The Morgan fingerprint density at radius 2 is 2.04 bits per heavy atom. The average Bonchev–Trinajstić information content (AvgIpc) is 2.99. The Bertz CT molecular complexity index is 669. The number of hydrogen-bond donors (Lipinski definition) is 1. The second-order valence-electron chi connectivity index (χ2n) is 6.98. The second kappa shape index (κ2) is 7.61. The van der Waals surface area contributed by atoms with Crippen LogP contribution in [0.4, 0.5) is 0 Å². The summed E-state index contributed by atoms with van der Waals surface area (Å²) in [5, 5.41) is 0. The van der Waals surface area contributed by atoms with Gasteiger partial charge in [0.2, 0.25) is 10.0 Å². The summed E-state index contributed by atoms with van der Waals surface area (Å²) in [6.45, 7) is 5.69. The van der Waals surface area contributed by atoms with Crippen LogP contribution >= 0.6 is 0 Å². The summed E-state index contributed by atoms with van der Waals surface area (Å²) in [6, 6.07) is 8.16. The predicted octanol–water partition coefficient (Wildman–Crippen LogP) is 1.62. The molecule has 25 heavy (non-hydrogen) atoms. The van der Waals surface area contributed by atoms with Crippen LogP contribution in [0.15, 0.2) is 24.3 Å². The number of nitrogens with one attached hydrogen (secondary N) is 1. The number of sulfonamides is 1. The minimum absolute atomic E-state index is 0.0792. The first kappa shape index (κ1) is 18.6. The highest BCUT2D eigenvalue weighted by Gasteiger charge is 2.52. The van der Waals surface area contributed by atoms with Crippen LogP contribution < -0.4 is 9.46 Å². The van der Waals surface area contributed by atoms with Gasteiger partial charge in [-0.25, -0.2) is 13.1 Å². The molecular formula is C18H28N2O4S. The number of methoxy groups -OCH3 is 1. The summed E-state index contributed by atoms with van der Waals surface area (Å²) in [5.41, 5.74) is 1.19. The number of likely N-dealkylation sites (tertiary alicyclic amines) is 1. The van der Waals surface area contributed by atoms with E-state index in [2.05, 4.69) is 21.8 Å². The van der Waals surface area contributed by atoms with Gasteiger partial charge in [0.1, 0.15) is 5.75 Å². The maximum atomic E-state index is 11.6. The number of ether oxygens (including phenoxy) is 2. The Morgan fingerprint density at radius 3 is 2.68 bits per heavy atom. The molecule has 0 amide bonds. The van der Waals surface area contributed by atoms with Crippen molar-refractivity contribution < 1.29 is 17.9 Å². The van der Waals surface area contributed by atoms with Gasteiger partial charge >= 0.3 is 0 Å². The van der Waals surface area contributed by atoms with Gasteiger partial charge in [-0.2, -0.15) is 0 Å². The third kappa shape index (κ3) is 4.34. The smallest absolute Gasteiger partial charge is 0.211 e. The van der Waals surface area contributed by atoms with Crippen molar-refractivity contribution in [2.45, 2.75) is 31.9 Å². The molecule has 0 unspecified atom stereocenters. The van der Waals surface area contributed by atoms with Crippen molar-refractivity contribution in [2.75, 3.05) is 39.1 Å². The van der Waals surface area contributed by atoms with Gasteiger partial charge in [-0.1, -0.05) is 12.1 Å². The molecule has 2 heterocycles. The van der Waals surface area contributed by atoms with E-state index in [0.717, 1.165) is 44.8 Å². The molecule has 1 aromatic carbocycles. The summed E-state index contributed by atoms with van der Waals surface area (Å²) >= 11 is 0. The molecule has 6 nitrogen and oxygen atoms in total. The Morgan fingerprint density at radius 1 is 1.32 bits per heavy atom. The number of benzene rings is 1. The van der Waals surface area contributed by atoms with E-state index >= 15 is 0 Å². The zero-order chi connectivity index (χ0) is 17.9. The van der Waals surface area contributed by atoms with Crippen LogP contribution in [0.25, 0.3) is 0 Å². The van der Waals surface area contributed by atoms with Gasteiger partial charge < -0.3 is 9.47 Å². The molecule has 0 radical (unpaired) electrons. The maximum absolute atomic E-state index is 11.6. The standard InChI is InChI=1S/C18H28N2O4S/c1-3-25(21,22)19-10-8-16-9-11-24-18(16)13-20(14-18)12-15-4-6-17(23-2)7-5-15/h4-7,16,19H,3,8-14H2,1-2H3/t16-/m0/s1. The van der Waals surface area contributed by atoms with Crippen molar-refractivity contribution in [2.24, 2.45) is 5.92 Å². The van der Waals surface area contributed by atoms with E-state index in [1.165, 1.54) is 5.56 Å². The molecule has 2 aliphatic heterocycles. The van der Waals surface area contributed by atoms with Crippen molar-refractivity contribution >= 4 is 10.0 Å². The van der Waals surface area contributed by atoms with Crippen LogP contribution in [-0.4, -0.2) is 58.0 Å². The van der Waals surface area contributed by atoms with Crippen molar-refractivity contribution in [3.05, 3.63) is 29.8 Å². The molecule has 2 aliphatic rings. The molecule has 0 bridgehead atoms. The highest BCUT2D eigenvalue weighted by Crippen LogP contribution is 2.42. The summed E-state index contributed by atoms with van der Waals surface area (Å²) < 4.78 is 37.0. The molecule has 3 rings (SSSR count). The van der Waals surface area contributed by atoms with Crippen molar-refractivity contribution in [1.82, 2.24) is 9.62 Å². The van der Waals surface area contributed by atoms with Crippen molar-refractivity contribution in [3.8, 4) is 5.75 Å². The second-order valence-corrected chi connectivity index (χ2v) is 9.07. The zero-order valence-corrected chi connectivity index (χ0v) is 15.8. The first-order chi connectivity index (χ1) is 12.0. The summed E-state index contributed by atoms with van der Waals surface area (Å²) in [4.78, 5) is 2.39.